The van der Waals surface area contributed by atoms with Gasteiger partial charge in [-0.2, -0.15) is 0 Å². The molecule has 2 rings (SSSR count). The van der Waals surface area contributed by atoms with E-state index < -0.39 is 18.1 Å². The second-order valence-corrected chi connectivity index (χ2v) is 4.70. The third-order valence-corrected chi connectivity index (χ3v) is 3.24. The Bertz CT molecular complexity index is 628. The van der Waals surface area contributed by atoms with Gasteiger partial charge in [-0.1, -0.05) is 62.4 Å². The van der Waals surface area contributed by atoms with E-state index in [1.165, 1.54) is 7.11 Å². The van der Waals surface area contributed by atoms with Gasteiger partial charge in [0, 0.05) is 5.56 Å². The number of benzene rings is 2. The van der Waals surface area contributed by atoms with Crippen molar-refractivity contribution in [2.45, 2.75) is 26.0 Å². The Balaban J connectivity index is 0.00000139. The van der Waals surface area contributed by atoms with E-state index in [4.69, 9.17) is 0 Å². The fraction of sp³-hybridized carbons (Fsp3) is 0.263. The van der Waals surface area contributed by atoms with Crippen LogP contribution in [0, 0.1) is 0 Å². The molecule has 0 saturated carbocycles. The van der Waals surface area contributed by atoms with E-state index in [-0.39, 0.29) is 5.91 Å². The van der Waals surface area contributed by atoms with Crippen LogP contribution < -0.4 is 5.32 Å². The Hall–Kier alpha value is -2.66. The van der Waals surface area contributed by atoms with E-state index in [9.17, 15) is 14.7 Å². The number of ether oxygens (including phenoxy) is 1. The number of hydrogen-bond acceptors (Lipinski definition) is 4. The number of esters is 1. The smallest absolute Gasteiger partial charge is 0.337 e. The average Bonchev–Trinajstić information content (AvgIpc) is 2.67. The largest absolute Gasteiger partial charge is 0.467 e. The summed E-state index contributed by atoms with van der Waals surface area (Å²) < 4.78 is 4.56. The summed E-state index contributed by atoms with van der Waals surface area (Å²) in [5, 5.41) is 12.8. The fourth-order valence-corrected chi connectivity index (χ4v) is 2.08. The first-order chi connectivity index (χ1) is 11.6. The van der Waals surface area contributed by atoms with Crippen LogP contribution in [0.5, 0.6) is 0 Å². The minimum Gasteiger partial charge on any atom is -0.467 e. The highest BCUT2D eigenvalue weighted by molar-refractivity contribution is 5.94. The number of carbonyl (C=O) groups excluding carboxylic acids is 2. The Morgan fingerprint density at radius 3 is 1.96 bits per heavy atom. The van der Waals surface area contributed by atoms with Gasteiger partial charge in [0.2, 0.25) is 0 Å². The minimum atomic E-state index is -1.49. The van der Waals surface area contributed by atoms with Crippen LogP contribution in [0.2, 0.25) is 0 Å². The van der Waals surface area contributed by atoms with Gasteiger partial charge in [-0.15, -0.1) is 0 Å². The number of nitrogens with one attached hydrogen (secondary N) is 1. The van der Waals surface area contributed by atoms with Gasteiger partial charge in [-0.3, -0.25) is 4.79 Å². The zero-order valence-corrected chi connectivity index (χ0v) is 14.1. The molecule has 0 bridgehead atoms. The highest BCUT2D eigenvalue weighted by Crippen LogP contribution is 2.18. The fourth-order valence-electron chi connectivity index (χ4n) is 2.08. The van der Waals surface area contributed by atoms with Crippen LogP contribution in [-0.4, -0.2) is 30.2 Å². The van der Waals surface area contributed by atoms with Crippen LogP contribution in [0.3, 0.4) is 0 Å². The van der Waals surface area contributed by atoms with Crippen molar-refractivity contribution in [1.82, 2.24) is 5.32 Å². The maximum absolute atomic E-state index is 12.3. The van der Waals surface area contributed by atoms with Crippen molar-refractivity contribution >= 4 is 11.9 Å². The molecule has 1 amide bonds. The molecule has 0 spiro atoms. The molecule has 2 aromatic rings. The van der Waals surface area contributed by atoms with E-state index >= 15 is 0 Å². The molecular weight excluding hydrogens is 306 g/mol. The molecule has 0 heterocycles. The lowest BCUT2D eigenvalue weighted by Gasteiger charge is -2.23. The quantitative estimate of drug-likeness (QED) is 0.827. The maximum Gasteiger partial charge on any atom is 0.337 e. The highest BCUT2D eigenvalue weighted by atomic mass is 16.5. The standard InChI is InChI=1S/C17H17NO4.C2H6/c1-22-17(21)15(19)14(12-8-4-2-5-9-12)18-16(20)13-10-6-3-7-11-13;1-2/h2-11,14-15,19H,1H3,(H,18,20);1-2H3. The monoisotopic (exact) mass is 329 g/mol. The van der Waals surface area contributed by atoms with Crippen LogP contribution in [0.1, 0.15) is 35.8 Å². The number of amides is 1. The van der Waals surface area contributed by atoms with Crippen molar-refractivity contribution in [2.24, 2.45) is 0 Å². The van der Waals surface area contributed by atoms with E-state index in [1.54, 1.807) is 54.6 Å². The van der Waals surface area contributed by atoms with Gasteiger partial charge >= 0.3 is 5.97 Å². The lowest BCUT2D eigenvalue weighted by atomic mass is 10.0. The molecule has 2 N–H and O–H groups in total. The second kappa shape index (κ2) is 10.2. The third kappa shape index (κ3) is 5.21. The SMILES string of the molecule is CC.COC(=O)C(O)C(NC(=O)c1ccccc1)c1ccccc1. The summed E-state index contributed by atoms with van der Waals surface area (Å²) in [4.78, 5) is 23.9. The number of rotatable bonds is 5. The first-order valence-corrected chi connectivity index (χ1v) is 7.80. The Morgan fingerprint density at radius 2 is 1.46 bits per heavy atom. The molecule has 0 radical (unpaired) electrons. The van der Waals surface area contributed by atoms with E-state index in [0.29, 0.717) is 11.1 Å². The molecule has 0 aliphatic carbocycles. The van der Waals surface area contributed by atoms with Crippen molar-refractivity contribution in [3.63, 3.8) is 0 Å². The van der Waals surface area contributed by atoms with Crippen molar-refractivity contribution in [3.05, 3.63) is 71.8 Å². The first-order valence-electron chi connectivity index (χ1n) is 7.80. The molecular formula is C19H23NO4. The summed E-state index contributed by atoms with van der Waals surface area (Å²) in [5.41, 5.74) is 1.06. The van der Waals surface area contributed by atoms with Gasteiger partial charge < -0.3 is 15.2 Å². The Kier molecular flexibility index (Phi) is 8.22. The molecule has 2 atom stereocenters. The number of carbonyl (C=O) groups is 2. The molecule has 2 aromatic carbocycles. The summed E-state index contributed by atoms with van der Waals surface area (Å²) in [6.07, 6.45) is -1.49. The molecule has 0 aliphatic heterocycles. The van der Waals surface area contributed by atoms with Gasteiger partial charge in [0.25, 0.3) is 5.91 Å². The number of hydrogen-bond donors (Lipinski definition) is 2. The number of aliphatic hydroxyl groups excluding tert-OH is 1. The van der Waals surface area contributed by atoms with Crippen LogP contribution >= 0.6 is 0 Å². The van der Waals surface area contributed by atoms with E-state index in [2.05, 4.69) is 10.1 Å². The molecule has 128 valence electrons. The van der Waals surface area contributed by atoms with Gasteiger partial charge in [0.05, 0.1) is 13.2 Å². The minimum absolute atomic E-state index is 0.377. The van der Waals surface area contributed by atoms with Crippen molar-refractivity contribution in [2.75, 3.05) is 7.11 Å². The lowest BCUT2D eigenvalue weighted by molar-refractivity contribution is -0.151. The second-order valence-electron chi connectivity index (χ2n) is 4.70. The van der Waals surface area contributed by atoms with Crippen LogP contribution in [0.4, 0.5) is 0 Å². The topological polar surface area (TPSA) is 75.6 Å². The average molecular weight is 329 g/mol. The van der Waals surface area contributed by atoms with Gasteiger partial charge in [0.15, 0.2) is 6.10 Å². The van der Waals surface area contributed by atoms with E-state index in [0.717, 1.165) is 0 Å². The summed E-state index contributed by atoms with van der Waals surface area (Å²) in [7, 11) is 1.19. The van der Waals surface area contributed by atoms with Gasteiger partial charge in [-0.05, 0) is 17.7 Å². The predicted molar refractivity (Wildman–Crippen MR) is 92.5 cm³/mol. The van der Waals surface area contributed by atoms with Crippen LogP contribution in [-0.2, 0) is 9.53 Å². The molecule has 0 aromatic heterocycles. The normalized spacial score (nSPS) is 12.2. The summed E-state index contributed by atoms with van der Waals surface area (Å²) in [6.45, 7) is 4.00. The lowest BCUT2D eigenvalue weighted by Crippen LogP contribution is -2.40. The predicted octanol–water partition coefficient (Wildman–Crippen LogP) is 2.72. The zero-order chi connectivity index (χ0) is 17.9. The Labute approximate surface area is 142 Å². The molecule has 5 heteroatoms. The molecule has 0 saturated heterocycles. The number of methoxy groups -OCH3 is 1. The maximum atomic E-state index is 12.3. The molecule has 0 aliphatic rings. The molecule has 24 heavy (non-hydrogen) atoms. The highest BCUT2D eigenvalue weighted by Gasteiger charge is 2.30. The van der Waals surface area contributed by atoms with Gasteiger partial charge in [-0.25, -0.2) is 4.79 Å². The van der Waals surface area contributed by atoms with Gasteiger partial charge in [0.1, 0.15) is 0 Å². The molecule has 0 fully saturated rings. The Morgan fingerprint density at radius 1 is 0.958 bits per heavy atom. The zero-order valence-electron chi connectivity index (χ0n) is 14.1. The molecule has 2 unspecified atom stereocenters. The number of aliphatic hydroxyl groups is 1. The third-order valence-electron chi connectivity index (χ3n) is 3.24. The molecule has 5 nitrogen and oxygen atoms in total. The summed E-state index contributed by atoms with van der Waals surface area (Å²) in [5.74, 6) is -1.18. The van der Waals surface area contributed by atoms with Crippen molar-refractivity contribution in [1.29, 1.82) is 0 Å². The van der Waals surface area contributed by atoms with Crippen molar-refractivity contribution in [3.8, 4) is 0 Å². The summed E-state index contributed by atoms with van der Waals surface area (Å²) >= 11 is 0. The van der Waals surface area contributed by atoms with Crippen molar-refractivity contribution < 1.29 is 19.4 Å². The summed E-state index contributed by atoms with van der Waals surface area (Å²) in [6, 6.07) is 16.5. The first kappa shape index (κ1) is 19.4. The van der Waals surface area contributed by atoms with Crippen LogP contribution in [0.15, 0.2) is 60.7 Å². The van der Waals surface area contributed by atoms with Crippen LogP contribution in [0.25, 0.3) is 0 Å². The van der Waals surface area contributed by atoms with E-state index in [1.807, 2.05) is 19.9 Å².